The Balaban J connectivity index is 1.38. The molecule has 0 bridgehead atoms. The van der Waals surface area contributed by atoms with Crippen LogP contribution in [0.25, 0.3) is 10.2 Å². The fraction of sp³-hybridized carbons (Fsp3) is 0.481. The molecule has 39 heavy (non-hydrogen) atoms. The smallest absolute Gasteiger partial charge is 0.260 e. The molecule has 0 N–H and O–H groups in total. The van der Waals surface area contributed by atoms with Gasteiger partial charge in [0.1, 0.15) is 0 Å². The van der Waals surface area contributed by atoms with Crippen molar-refractivity contribution in [3.05, 3.63) is 52.5 Å². The van der Waals surface area contributed by atoms with Gasteiger partial charge in [-0.1, -0.05) is 22.9 Å². The Morgan fingerprint density at radius 3 is 2.62 bits per heavy atom. The highest BCUT2D eigenvalue weighted by atomic mass is 35.5. The van der Waals surface area contributed by atoms with Crippen LogP contribution in [0.3, 0.4) is 0 Å². The van der Waals surface area contributed by atoms with Crippen molar-refractivity contribution < 1.29 is 22.7 Å². The summed E-state index contributed by atoms with van der Waals surface area (Å²) in [5, 5.41) is 1.21. The summed E-state index contributed by atoms with van der Waals surface area (Å²) in [6.45, 7) is 6.99. The lowest BCUT2D eigenvalue weighted by molar-refractivity contribution is 0.0391. The number of ether oxygens (including phenoxy) is 2. The quantitative estimate of drug-likeness (QED) is 0.370. The zero-order chi connectivity index (χ0) is 27.6. The molecule has 1 aromatic heterocycles. The topological polar surface area (TPSA) is 92.3 Å². The van der Waals surface area contributed by atoms with Crippen LogP contribution in [-0.2, 0) is 19.5 Å². The highest BCUT2D eigenvalue weighted by Crippen LogP contribution is 2.34. The Kier molecular flexibility index (Phi) is 8.87. The highest BCUT2D eigenvalue weighted by molar-refractivity contribution is 7.89. The Hall–Kier alpha value is -2.12. The number of hydrogen-bond acceptors (Lipinski definition) is 8. The molecule has 2 aliphatic rings. The second-order valence-electron chi connectivity index (χ2n) is 9.92. The molecule has 0 saturated carbocycles. The molecule has 12 heteroatoms. The van der Waals surface area contributed by atoms with Gasteiger partial charge in [0.05, 0.1) is 34.4 Å². The standard InChI is InChI=1S/C27H33ClN4O5S2/c1-19-16-21(28)17-24-25(19)29-27(38-24)32(10-9-31-11-14-36-15-12-31)26(33)20-5-7-23(8-6-20)39(34,35)30(2)18-22-4-3-13-37-22/h5-8,16-17,22H,3-4,9-15,18H2,1-2H3. The molecule has 2 aliphatic heterocycles. The minimum absolute atomic E-state index is 0.0852. The number of carbonyl (C=O) groups is 1. The fourth-order valence-electron chi connectivity index (χ4n) is 4.89. The van der Waals surface area contributed by atoms with Crippen molar-refractivity contribution in [1.29, 1.82) is 0 Å². The number of nitrogens with zero attached hydrogens (tertiary/aromatic N) is 4. The molecule has 9 nitrogen and oxygen atoms in total. The summed E-state index contributed by atoms with van der Waals surface area (Å²) >= 11 is 7.70. The van der Waals surface area contributed by atoms with Gasteiger partial charge in [-0.15, -0.1) is 0 Å². The molecule has 5 rings (SSSR count). The highest BCUT2D eigenvalue weighted by Gasteiger charge is 2.28. The molecular weight excluding hydrogens is 560 g/mol. The molecule has 2 fully saturated rings. The fourth-order valence-corrected chi connectivity index (χ4v) is 7.53. The molecular formula is C27H33ClN4O5S2. The summed E-state index contributed by atoms with van der Waals surface area (Å²) in [7, 11) is -2.14. The van der Waals surface area contributed by atoms with Gasteiger partial charge in [-0.3, -0.25) is 14.6 Å². The van der Waals surface area contributed by atoms with Crippen LogP contribution in [0.15, 0.2) is 41.3 Å². The van der Waals surface area contributed by atoms with Gasteiger partial charge >= 0.3 is 0 Å². The van der Waals surface area contributed by atoms with Gasteiger partial charge < -0.3 is 9.47 Å². The summed E-state index contributed by atoms with van der Waals surface area (Å²) < 4.78 is 39.6. The molecule has 2 saturated heterocycles. The van der Waals surface area contributed by atoms with Crippen molar-refractivity contribution in [2.24, 2.45) is 0 Å². The van der Waals surface area contributed by atoms with Crippen molar-refractivity contribution in [3.8, 4) is 0 Å². The lowest BCUT2D eigenvalue weighted by Crippen LogP contribution is -2.43. The van der Waals surface area contributed by atoms with E-state index in [0.717, 1.165) is 41.7 Å². The van der Waals surface area contributed by atoms with Gasteiger partial charge in [-0.25, -0.2) is 13.4 Å². The van der Waals surface area contributed by atoms with Crippen LogP contribution >= 0.6 is 22.9 Å². The number of rotatable bonds is 9. The summed E-state index contributed by atoms with van der Waals surface area (Å²) in [6.07, 6.45) is 1.71. The molecule has 3 aromatic rings. The molecule has 3 heterocycles. The number of amides is 1. The van der Waals surface area contributed by atoms with E-state index in [2.05, 4.69) is 4.90 Å². The van der Waals surface area contributed by atoms with Crippen molar-refractivity contribution >= 4 is 54.2 Å². The normalized spacial score (nSPS) is 18.7. The lowest BCUT2D eigenvalue weighted by atomic mass is 10.2. The molecule has 210 valence electrons. The molecule has 0 spiro atoms. The first kappa shape index (κ1) is 28.4. The molecule has 0 aliphatic carbocycles. The summed E-state index contributed by atoms with van der Waals surface area (Å²) in [4.78, 5) is 22.7. The number of aryl methyl sites for hydroxylation is 1. The number of hydrogen-bond donors (Lipinski definition) is 0. The first-order chi connectivity index (χ1) is 18.7. The van der Waals surface area contributed by atoms with Gasteiger partial charge in [-0.05, 0) is 61.7 Å². The molecule has 0 radical (unpaired) electrons. The van der Waals surface area contributed by atoms with E-state index in [9.17, 15) is 13.2 Å². The maximum Gasteiger partial charge on any atom is 0.260 e. The summed E-state index contributed by atoms with van der Waals surface area (Å²) in [6, 6.07) is 9.87. The zero-order valence-electron chi connectivity index (χ0n) is 22.1. The molecule has 2 aromatic carbocycles. The van der Waals surface area contributed by atoms with Gasteiger partial charge in [-0.2, -0.15) is 4.31 Å². The van der Waals surface area contributed by atoms with Crippen molar-refractivity contribution in [2.45, 2.75) is 30.8 Å². The monoisotopic (exact) mass is 592 g/mol. The zero-order valence-corrected chi connectivity index (χ0v) is 24.5. The van der Waals surface area contributed by atoms with Crippen LogP contribution in [-0.4, -0.2) is 94.2 Å². The number of halogens is 1. The van der Waals surface area contributed by atoms with Crippen LogP contribution < -0.4 is 4.90 Å². The molecule has 1 atom stereocenters. The van der Waals surface area contributed by atoms with Crippen LogP contribution in [0.1, 0.15) is 28.8 Å². The van der Waals surface area contributed by atoms with E-state index in [4.69, 9.17) is 26.1 Å². The number of likely N-dealkylation sites (N-methyl/N-ethyl adjacent to an activating group) is 1. The van der Waals surface area contributed by atoms with Crippen molar-refractivity contribution in [2.75, 3.05) is 64.5 Å². The Labute approximate surface area is 238 Å². The van der Waals surface area contributed by atoms with Crippen LogP contribution in [0.4, 0.5) is 5.13 Å². The van der Waals surface area contributed by atoms with E-state index in [0.29, 0.717) is 55.2 Å². The minimum Gasteiger partial charge on any atom is -0.379 e. The maximum absolute atomic E-state index is 13.8. The first-order valence-corrected chi connectivity index (χ1v) is 15.7. The summed E-state index contributed by atoms with van der Waals surface area (Å²) in [5.41, 5.74) is 2.16. The summed E-state index contributed by atoms with van der Waals surface area (Å²) in [5.74, 6) is -0.234. The molecule has 1 amide bonds. The predicted molar refractivity (Wildman–Crippen MR) is 154 cm³/mol. The predicted octanol–water partition coefficient (Wildman–Crippen LogP) is 4.04. The number of aromatic nitrogens is 1. The number of fused-ring (bicyclic) bond motifs is 1. The van der Waals surface area contributed by atoms with E-state index in [1.165, 1.54) is 27.8 Å². The third-order valence-electron chi connectivity index (χ3n) is 7.15. The lowest BCUT2D eigenvalue weighted by Gasteiger charge is -2.29. The maximum atomic E-state index is 13.8. The van der Waals surface area contributed by atoms with Crippen LogP contribution in [0.5, 0.6) is 0 Å². The van der Waals surface area contributed by atoms with E-state index in [1.807, 2.05) is 19.1 Å². The van der Waals surface area contributed by atoms with E-state index < -0.39 is 10.0 Å². The van der Waals surface area contributed by atoms with Crippen molar-refractivity contribution in [3.63, 3.8) is 0 Å². The largest absolute Gasteiger partial charge is 0.379 e. The SMILES string of the molecule is Cc1cc(Cl)cc2sc(N(CCN3CCOCC3)C(=O)c3ccc(S(=O)(=O)N(C)CC4CCCO4)cc3)nc12. The number of sulfonamides is 1. The molecule has 1 unspecified atom stereocenters. The van der Waals surface area contributed by atoms with Gasteiger partial charge in [0, 0.05) is 57.0 Å². The number of anilines is 1. The number of carbonyl (C=O) groups excluding carboxylic acids is 1. The third kappa shape index (κ3) is 6.45. The van der Waals surface area contributed by atoms with Gasteiger partial charge in [0.2, 0.25) is 10.0 Å². The van der Waals surface area contributed by atoms with Crippen molar-refractivity contribution in [1.82, 2.24) is 14.2 Å². The van der Waals surface area contributed by atoms with Gasteiger partial charge in [0.25, 0.3) is 5.91 Å². The second-order valence-corrected chi connectivity index (χ2v) is 13.4. The number of thiazole rings is 1. The number of benzene rings is 2. The Morgan fingerprint density at radius 1 is 1.18 bits per heavy atom. The second kappa shape index (κ2) is 12.2. The van der Waals surface area contributed by atoms with Crippen LogP contribution in [0.2, 0.25) is 5.02 Å². The van der Waals surface area contributed by atoms with Gasteiger partial charge in [0.15, 0.2) is 5.13 Å². The first-order valence-electron chi connectivity index (χ1n) is 13.1. The van der Waals surface area contributed by atoms with E-state index >= 15 is 0 Å². The Bertz CT molecular complexity index is 1420. The average molecular weight is 593 g/mol. The van der Waals surface area contributed by atoms with E-state index in [-0.39, 0.29) is 16.9 Å². The minimum atomic E-state index is -3.71. The third-order valence-corrected chi connectivity index (χ3v) is 10.2. The Morgan fingerprint density at radius 2 is 1.92 bits per heavy atom. The van der Waals surface area contributed by atoms with Crippen LogP contribution in [0, 0.1) is 6.92 Å². The average Bonchev–Trinajstić information content (AvgIpc) is 3.59. The number of morpholine rings is 1. The van der Waals surface area contributed by atoms with E-state index in [1.54, 1.807) is 24.1 Å².